The molecule has 0 saturated carbocycles. The zero-order valence-corrected chi connectivity index (χ0v) is 13.0. The summed E-state index contributed by atoms with van der Waals surface area (Å²) in [6.45, 7) is 3.93. The number of benzene rings is 2. The van der Waals surface area contributed by atoms with Crippen LogP contribution in [0.15, 0.2) is 47.4 Å². The number of thioether (sulfide) groups is 1. The SMILES string of the molecule is Cc1cc(F)ccc1CCNCC1CSc2ccccc21. The fraction of sp³-hybridized carbons (Fsp3) is 0.333. The van der Waals surface area contributed by atoms with E-state index < -0.39 is 0 Å². The molecule has 0 bridgehead atoms. The molecule has 1 heterocycles. The standard InChI is InChI=1S/C18H20FNS/c1-13-10-16(19)7-6-14(13)8-9-20-11-15-12-21-18-5-3-2-4-17(15)18/h2-7,10,15,20H,8-9,11-12H2,1H3. The smallest absolute Gasteiger partial charge is 0.123 e. The van der Waals surface area contributed by atoms with Crippen molar-refractivity contribution in [3.05, 3.63) is 65.0 Å². The van der Waals surface area contributed by atoms with Crippen molar-refractivity contribution < 1.29 is 4.39 Å². The van der Waals surface area contributed by atoms with Crippen molar-refractivity contribution in [3.8, 4) is 0 Å². The Morgan fingerprint density at radius 3 is 2.95 bits per heavy atom. The fourth-order valence-corrected chi connectivity index (χ4v) is 4.09. The van der Waals surface area contributed by atoms with Crippen LogP contribution in [0.1, 0.15) is 22.6 Å². The average Bonchev–Trinajstić information content (AvgIpc) is 2.89. The number of aryl methyl sites for hydroxylation is 1. The topological polar surface area (TPSA) is 12.0 Å². The first-order chi connectivity index (χ1) is 10.2. The van der Waals surface area contributed by atoms with Crippen LogP contribution in [-0.4, -0.2) is 18.8 Å². The van der Waals surface area contributed by atoms with E-state index in [1.54, 1.807) is 12.1 Å². The molecule has 0 aromatic heterocycles. The predicted molar refractivity (Wildman–Crippen MR) is 87.6 cm³/mol. The van der Waals surface area contributed by atoms with Gasteiger partial charge in [0, 0.05) is 23.1 Å². The van der Waals surface area contributed by atoms with Crippen LogP contribution in [0, 0.1) is 12.7 Å². The Labute approximate surface area is 130 Å². The zero-order chi connectivity index (χ0) is 14.7. The van der Waals surface area contributed by atoms with Crippen LogP contribution >= 0.6 is 11.8 Å². The quantitative estimate of drug-likeness (QED) is 0.832. The van der Waals surface area contributed by atoms with Crippen molar-refractivity contribution in [2.75, 3.05) is 18.8 Å². The molecular formula is C18H20FNS. The minimum absolute atomic E-state index is 0.149. The average molecular weight is 301 g/mol. The highest BCUT2D eigenvalue weighted by molar-refractivity contribution is 7.99. The van der Waals surface area contributed by atoms with Crippen LogP contribution in [0.5, 0.6) is 0 Å². The van der Waals surface area contributed by atoms with Gasteiger partial charge < -0.3 is 5.32 Å². The van der Waals surface area contributed by atoms with Gasteiger partial charge in [-0.2, -0.15) is 0 Å². The summed E-state index contributed by atoms with van der Waals surface area (Å²) < 4.78 is 13.1. The van der Waals surface area contributed by atoms with Crippen molar-refractivity contribution in [2.24, 2.45) is 0 Å². The van der Waals surface area contributed by atoms with Gasteiger partial charge in [-0.25, -0.2) is 4.39 Å². The molecule has 1 unspecified atom stereocenters. The van der Waals surface area contributed by atoms with E-state index in [2.05, 4.69) is 29.6 Å². The third kappa shape index (κ3) is 3.47. The summed E-state index contributed by atoms with van der Waals surface area (Å²) in [5, 5.41) is 3.55. The molecule has 0 spiro atoms. The van der Waals surface area contributed by atoms with Gasteiger partial charge in [-0.15, -0.1) is 11.8 Å². The van der Waals surface area contributed by atoms with E-state index in [1.165, 1.54) is 21.8 Å². The minimum Gasteiger partial charge on any atom is -0.316 e. The summed E-state index contributed by atoms with van der Waals surface area (Å²) >= 11 is 1.95. The monoisotopic (exact) mass is 301 g/mol. The van der Waals surface area contributed by atoms with Crippen LogP contribution < -0.4 is 5.32 Å². The maximum Gasteiger partial charge on any atom is 0.123 e. The summed E-state index contributed by atoms with van der Waals surface area (Å²) in [6.07, 6.45) is 0.952. The molecule has 110 valence electrons. The molecule has 0 radical (unpaired) electrons. The molecular weight excluding hydrogens is 281 g/mol. The van der Waals surface area contributed by atoms with E-state index in [-0.39, 0.29) is 5.82 Å². The van der Waals surface area contributed by atoms with Crippen molar-refractivity contribution in [3.63, 3.8) is 0 Å². The van der Waals surface area contributed by atoms with Gasteiger partial charge in [0.15, 0.2) is 0 Å². The number of hydrogen-bond acceptors (Lipinski definition) is 2. The molecule has 1 nitrogen and oxygen atoms in total. The third-order valence-corrected chi connectivity index (χ3v) is 5.32. The molecule has 1 atom stereocenters. The van der Waals surface area contributed by atoms with Crippen molar-refractivity contribution in [2.45, 2.75) is 24.2 Å². The third-order valence-electron chi connectivity index (χ3n) is 4.07. The van der Waals surface area contributed by atoms with Crippen LogP contribution in [0.4, 0.5) is 4.39 Å². The summed E-state index contributed by atoms with van der Waals surface area (Å²) in [7, 11) is 0. The van der Waals surface area contributed by atoms with Crippen LogP contribution in [0.2, 0.25) is 0 Å². The summed E-state index contributed by atoms with van der Waals surface area (Å²) in [4.78, 5) is 1.43. The lowest BCUT2D eigenvalue weighted by Crippen LogP contribution is -2.24. The highest BCUT2D eigenvalue weighted by Crippen LogP contribution is 2.38. The maximum absolute atomic E-state index is 13.1. The lowest BCUT2D eigenvalue weighted by Gasteiger charge is -2.12. The Balaban J connectivity index is 1.49. The van der Waals surface area contributed by atoms with E-state index >= 15 is 0 Å². The first-order valence-corrected chi connectivity index (χ1v) is 8.40. The Morgan fingerprint density at radius 2 is 2.10 bits per heavy atom. The molecule has 0 saturated heterocycles. The molecule has 2 aromatic carbocycles. The summed E-state index contributed by atoms with van der Waals surface area (Å²) in [6, 6.07) is 13.7. The number of fused-ring (bicyclic) bond motifs is 1. The van der Waals surface area contributed by atoms with Crippen LogP contribution in [0.25, 0.3) is 0 Å². The van der Waals surface area contributed by atoms with Gasteiger partial charge in [-0.1, -0.05) is 24.3 Å². The van der Waals surface area contributed by atoms with Crippen molar-refractivity contribution in [1.29, 1.82) is 0 Å². The maximum atomic E-state index is 13.1. The second-order valence-electron chi connectivity index (χ2n) is 5.57. The van der Waals surface area contributed by atoms with E-state index in [4.69, 9.17) is 0 Å². The molecule has 21 heavy (non-hydrogen) atoms. The molecule has 1 N–H and O–H groups in total. The van der Waals surface area contributed by atoms with Crippen LogP contribution in [0.3, 0.4) is 0 Å². The van der Waals surface area contributed by atoms with E-state index in [9.17, 15) is 4.39 Å². The largest absolute Gasteiger partial charge is 0.316 e. The predicted octanol–water partition coefficient (Wildman–Crippen LogP) is 4.16. The van der Waals surface area contributed by atoms with Gasteiger partial charge in [0.1, 0.15) is 5.82 Å². The second kappa shape index (κ2) is 6.63. The highest BCUT2D eigenvalue weighted by atomic mass is 32.2. The van der Waals surface area contributed by atoms with Gasteiger partial charge in [-0.3, -0.25) is 0 Å². The van der Waals surface area contributed by atoms with Gasteiger partial charge in [0.25, 0.3) is 0 Å². The second-order valence-corrected chi connectivity index (χ2v) is 6.63. The summed E-state index contributed by atoms with van der Waals surface area (Å²) in [5.74, 6) is 1.63. The van der Waals surface area contributed by atoms with Gasteiger partial charge in [0.05, 0.1) is 0 Å². The van der Waals surface area contributed by atoms with Gasteiger partial charge in [0.2, 0.25) is 0 Å². The molecule has 3 rings (SSSR count). The Morgan fingerprint density at radius 1 is 1.24 bits per heavy atom. The Hall–Kier alpha value is -1.32. The Kier molecular flexibility index (Phi) is 4.61. The molecule has 1 aliphatic heterocycles. The van der Waals surface area contributed by atoms with E-state index in [0.717, 1.165) is 25.1 Å². The van der Waals surface area contributed by atoms with Gasteiger partial charge >= 0.3 is 0 Å². The lowest BCUT2D eigenvalue weighted by molar-refractivity contribution is 0.614. The zero-order valence-electron chi connectivity index (χ0n) is 12.2. The molecule has 3 heteroatoms. The molecule has 0 amide bonds. The number of nitrogens with one attached hydrogen (secondary N) is 1. The number of hydrogen-bond donors (Lipinski definition) is 1. The van der Waals surface area contributed by atoms with Crippen molar-refractivity contribution >= 4 is 11.8 Å². The van der Waals surface area contributed by atoms with E-state index in [1.807, 2.05) is 24.8 Å². The number of rotatable bonds is 5. The number of halogens is 1. The first kappa shape index (κ1) is 14.6. The molecule has 2 aromatic rings. The lowest BCUT2D eigenvalue weighted by atomic mass is 10.0. The molecule has 0 aliphatic carbocycles. The Bertz CT molecular complexity index is 626. The normalized spacial score (nSPS) is 17.0. The molecule has 1 aliphatic rings. The van der Waals surface area contributed by atoms with Gasteiger partial charge in [-0.05, 0) is 54.8 Å². The fourth-order valence-electron chi connectivity index (χ4n) is 2.84. The molecule has 0 fully saturated rings. The minimum atomic E-state index is -0.149. The first-order valence-electron chi connectivity index (χ1n) is 7.41. The van der Waals surface area contributed by atoms with Crippen molar-refractivity contribution in [1.82, 2.24) is 5.32 Å². The highest BCUT2D eigenvalue weighted by Gasteiger charge is 2.21. The van der Waals surface area contributed by atoms with Crippen LogP contribution in [-0.2, 0) is 6.42 Å². The summed E-state index contributed by atoms with van der Waals surface area (Å²) in [5.41, 5.74) is 3.75. The van der Waals surface area contributed by atoms with E-state index in [0.29, 0.717) is 5.92 Å².